The van der Waals surface area contributed by atoms with Crippen molar-refractivity contribution in [2.75, 3.05) is 24.2 Å². The highest BCUT2D eigenvalue weighted by molar-refractivity contribution is 5.95. The molecule has 0 bridgehead atoms. The van der Waals surface area contributed by atoms with Crippen LogP contribution >= 0.6 is 0 Å². The zero-order valence-corrected chi connectivity index (χ0v) is 9.47. The number of carbonyl (C=O) groups is 1. The molecule has 1 atom stereocenters. The van der Waals surface area contributed by atoms with Crippen molar-refractivity contribution in [3.63, 3.8) is 0 Å². The molecule has 0 radical (unpaired) electrons. The number of rotatable bonds is 4. The van der Waals surface area contributed by atoms with Crippen LogP contribution in [0.4, 0.5) is 11.4 Å². The molecule has 0 spiro atoms. The first-order valence-corrected chi connectivity index (χ1v) is 5.00. The molecule has 1 aromatic carbocycles. The number of primary amides is 1. The van der Waals surface area contributed by atoms with Crippen molar-refractivity contribution in [2.24, 2.45) is 5.73 Å². The smallest absolute Gasteiger partial charge is 0.248 e. The molecule has 1 unspecified atom stereocenters. The minimum Gasteiger partial charge on any atom is -0.397 e. The molecule has 16 heavy (non-hydrogen) atoms. The van der Waals surface area contributed by atoms with Crippen LogP contribution in [0.1, 0.15) is 17.3 Å². The summed E-state index contributed by atoms with van der Waals surface area (Å²) in [5, 5.41) is 9.28. The quantitative estimate of drug-likeness (QED) is 0.635. The van der Waals surface area contributed by atoms with Crippen LogP contribution in [0.15, 0.2) is 18.2 Å². The molecule has 1 rings (SSSR count). The summed E-state index contributed by atoms with van der Waals surface area (Å²) in [5.41, 5.74) is 12.6. The fourth-order valence-electron chi connectivity index (χ4n) is 1.52. The second-order valence-corrected chi connectivity index (χ2v) is 3.87. The Bertz CT molecular complexity index is 391. The number of aliphatic hydroxyl groups excluding tert-OH is 1. The molecule has 1 amide bonds. The lowest BCUT2D eigenvalue weighted by molar-refractivity contribution is 0.100. The number of nitrogen functional groups attached to an aromatic ring is 1. The summed E-state index contributed by atoms with van der Waals surface area (Å²) in [5.74, 6) is -0.494. The molecule has 0 saturated carbocycles. The first kappa shape index (κ1) is 12.3. The monoisotopic (exact) mass is 223 g/mol. The van der Waals surface area contributed by atoms with Crippen molar-refractivity contribution in [3.05, 3.63) is 23.8 Å². The standard InChI is InChI=1S/C11H17N3O2/c1-7(15)6-14(2)10-5-8(11(13)16)3-4-9(10)12/h3-5,7,15H,6,12H2,1-2H3,(H2,13,16). The molecule has 0 fully saturated rings. The summed E-state index contributed by atoms with van der Waals surface area (Å²) in [6, 6.07) is 4.84. The summed E-state index contributed by atoms with van der Waals surface area (Å²) in [6.07, 6.45) is -0.471. The Kier molecular flexibility index (Phi) is 3.73. The van der Waals surface area contributed by atoms with Crippen LogP contribution in [0.3, 0.4) is 0 Å². The van der Waals surface area contributed by atoms with Gasteiger partial charge in [-0.15, -0.1) is 0 Å². The van der Waals surface area contributed by atoms with Gasteiger partial charge in [0.25, 0.3) is 0 Å². The van der Waals surface area contributed by atoms with Gasteiger partial charge in [-0.05, 0) is 25.1 Å². The first-order chi connectivity index (χ1) is 7.41. The second kappa shape index (κ2) is 4.85. The van der Waals surface area contributed by atoms with E-state index in [0.29, 0.717) is 23.5 Å². The van der Waals surface area contributed by atoms with E-state index in [2.05, 4.69) is 0 Å². The molecule has 0 saturated heterocycles. The number of hydrogen-bond donors (Lipinski definition) is 3. The number of hydrogen-bond acceptors (Lipinski definition) is 4. The molecule has 88 valence electrons. The van der Waals surface area contributed by atoms with Crippen LogP contribution in [-0.4, -0.2) is 30.7 Å². The Labute approximate surface area is 94.7 Å². The van der Waals surface area contributed by atoms with E-state index in [0.717, 1.165) is 0 Å². The third kappa shape index (κ3) is 2.87. The molecule has 5 nitrogen and oxygen atoms in total. The molecular formula is C11H17N3O2. The number of likely N-dealkylation sites (N-methyl/N-ethyl adjacent to an activating group) is 1. The van der Waals surface area contributed by atoms with Gasteiger partial charge in [-0.25, -0.2) is 0 Å². The average molecular weight is 223 g/mol. The predicted molar refractivity (Wildman–Crippen MR) is 64.3 cm³/mol. The number of benzene rings is 1. The van der Waals surface area contributed by atoms with E-state index >= 15 is 0 Å². The van der Waals surface area contributed by atoms with Gasteiger partial charge >= 0.3 is 0 Å². The summed E-state index contributed by atoms with van der Waals surface area (Å²) in [4.78, 5) is 12.8. The number of amides is 1. The summed E-state index contributed by atoms with van der Waals surface area (Å²) < 4.78 is 0. The highest BCUT2D eigenvalue weighted by Crippen LogP contribution is 2.23. The maximum Gasteiger partial charge on any atom is 0.248 e. The Hall–Kier alpha value is -1.75. The van der Waals surface area contributed by atoms with E-state index in [4.69, 9.17) is 11.5 Å². The number of carbonyl (C=O) groups excluding carboxylic acids is 1. The van der Waals surface area contributed by atoms with Crippen molar-refractivity contribution < 1.29 is 9.90 Å². The Morgan fingerprint density at radius 3 is 2.69 bits per heavy atom. The number of nitrogens with zero attached hydrogens (tertiary/aromatic N) is 1. The molecule has 0 aliphatic carbocycles. The fraction of sp³-hybridized carbons (Fsp3) is 0.364. The highest BCUT2D eigenvalue weighted by Gasteiger charge is 2.10. The Balaban J connectivity index is 3.02. The molecule has 5 heteroatoms. The van der Waals surface area contributed by atoms with Gasteiger partial charge in [0.15, 0.2) is 0 Å². The van der Waals surface area contributed by atoms with Gasteiger partial charge in [0.05, 0.1) is 17.5 Å². The zero-order valence-electron chi connectivity index (χ0n) is 9.47. The van der Waals surface area contributed by atoms with Crippen LogP contribution in [-0.2, 0) is 0 Å². The molecule has 0 aromatic heterocycles. The van der Waals surface area contributed by atoms with Gasteiger partial charge in [0.2, 0.25) is 5.91 Å². The molecule has 0 heterocycles. The van der Waals surface area contributed by atoms with E-state index < -0.39 is 12.0 Å². The minimum absolute atomic E-state index is 0.404. The van der Waals surface area contributed by atoms with Crippen LogP contribution < -0.4 is 16.4 Å². The topological polar surface area (TPSA) is 92.6 Å². The molecule has 5 N–H and O–H groups in total. The Morgan fingerprint density at radius 1 is 1.56 bits per heavy atom. The summed E-state index contributed by atoms with van der Waals surface area (Å²) >= 11 is 0. The van der Waals surface area contributed by atoms with E-state index in [9.17, 15) is 9.90 Å². The highest BCUT2D eigenvalue weighted by atomic mass is 16.3. The third-order valence-corrected chi connectivity index (χ3v) is 2.26. The van der Waals surface area contributed by atoms with Crippen molar-refractivity contribution in [1.29, 1.82) is 0 Å². The average Bonchev–Trinajstić information content (AvgIpc) is 2.16. The van der Waals surface area contributed by atoms with Gasteiger partial charge < -0.3 is 21.5 Å². The van der Waals surface area contributed by atoms with Crippen LogP contribution in [0.25, 0.3) is 0 Å². The first-order valence-electron chi connectivity index (χ1n) is 5.00. The molecule has 0 aliphatic heterocycles. The normalized spacial score (nSPS) is 12.2. The SMILES string of the molecule is CC(O)CN(C)c1cc(C(N)=O)ccc1N. The summed E-state index contributed by atoms with van der Waals surface area (Å²) in [6.45, 7) is 2.12. The van der Waals surface area contributed by atoms with Crippen LogP contribution in [0, 0.1) is 0 Å². The molecule has 0 aliphatic rings. The zero-order chi connectivity index (χ0) is 12.3. The largest absolute Gasteiger partial charge is 0.397 e. The van der Waals surface area contributed by atoms with Crippen LogP contribution in [0.5, 0.6) is 0 Å². The van der Waals surface area contributed by atoms with Crippen molar-refractivity contribution in [1.82, 2.24) is 0 Å². The number of aliphatic hydroxyl groups is 1. The maximum absolute atomic E-state index is 11.0. The van der Waals surface area contributed by atoms with Crippen molar-refractivity contribution in [2.45, 2.75) is 13.0 Å². The second-order valence-electron chi connectivity index (χ2n) is 3.87. The predicted octanol–water partition coefficient (Wildman–Crippen LogP) is 0.185. The lowest BCUT2D eigenvalue weighted by Crippen LogP contribution is -2.28. The van der Waals surface area contributed by atoms with Gasteiger partial charge in [-0.3, -0.25) is 4.79 Å². The molecule has 1 aromatic rings. The van der Waals surface area contributed by atoms with E-state index in [-0.39, 0.29) is 0 Å². The van der Waals surface area contributed by atoms with Gasteiger partial charge in [0.1, 0.15) is 0 Å². The number of nitrogens with two attached hydrogens (primary N) is 2. The van der Waals surface area contributed by atoms with Crippen molar-refractivity contribution in [3.8, 4) is 0 Å². The maximum atomic E-state index is 11.0. The lowest BCUT2D eigenvalue weighted by atomic mass is 10.1. The van der Waals surface area contributed by atoms with E-state index in [1.165, 1.54) is 0 Å². The van der Waals surface area contributed by atoms with Gasteiger partial charge in [-0.2, -0.15) is 0 Å². The number of anilines is 2. The van der Waals surface area contributed by atoms with Crippen molar-refractivity contribution >= 4 is 17.3 Å². The van der Waals surface area contributed by atoms with E-state index in [1.807, 2.05) is 0 Å². The summed E-state index contributed by atoms with van der Waals surface area (Å²) in [7, 11) is 1.79. The fourth-order valence-corrected chi connectivity index (χ4v) is 1.52. The third-order valence-electron chi connectivity index (χ3n) is 2.26. The minimum atomic E-state index is -0.494. The van der Waals surface area contributed by atoms with Gasteiger partial charge in [0, 0.05) is 19.2 Å². The van der Waals surface area contributed by atoms with Gasteiger partial charge in [-0.1, -0.05) is 0 Å². The van der Waals surface area contributed by atoms with Crippen LogP contribution in [0.2, 0.25) is 0 Å². The Morgan fingerprint density at radius 2 is 2.19 bits per heavy atom. The lowest BCUT2D eigenvalue weighted by Gasteiger charge is -2.22. The molecular weight excluding hydrogens is 206 g/mol. The van der Waals surface area contributed by atoms with E-state index in [1.54, 1.807) is 37.1 Å².